The number of ether oxygens (including phenoxy) is 1. The van der Waals surface area contributed by atoms with Crippen molar-refractivity contribution < 1.29 is 9.53 Å². The Morgan fingerprint density at radius 1 is 1.44 bits per heavy atom. The minimum absolute atomic E-state index is 0.285. The van der Waals surface area contributed by atoms with Gasteiger partial charge in [0, 0.05) is 11.8 Å². The standard InChI is InChI=1S/C12H15NO2S/c1-8-7-13-11(16-8)9-3-5-10(6-4-9)12(14)15-2/h3-6,8,11,13H,7H2,1-2H3. The Labute approximate surface area is 99.6 Å². The lowest BCUT2D eigenvalue weighted by Gasteiger charge is -2.10. The Bertz CT molecular complexity index is 377. The van der Waals surface area contributed by atoms with Crippen LogP contribution in [0.4, 0.5) is 0 Å². The monoisotopic (exact) mass is 237 g/mol. The quantitative estimate of drug-likeness (QED) is 0.800. The normalized spacial score (nSPS) is 24.4. The lowest BCUT2D eigenvalue weighted by Crippen LogP contribution is -2.14. The summed E-state index contributed by atoms with van der Waals surface area (Å²) in [5.41, 5.74) is 1.81. The van der Waals surface area contributed by atoms with Gasteiger partial charge in [0.25, 0.3) is 0 Å². The third-order valence-corrected chi connectivity index (χ3v) is 3.94. The lowest BCUT2D eigenvalue weighted by molar-refractivity contribution is 0.0600. The second kappa shape index (κ2) is 4.89. The SMILES string of the molecule is COC(=O)c1ccc(C2NCC(C)S2)cc1. The van der Waals surface area contributed by atoms with Crippen molar-refractivity contribution in [1.29, 1.82) is 0 Å². The topological polar surface area (TPSA) is 38.3 Å². The molecular weight excluding hydrogens is 222 g/mol. The fourth-order valence-corrected chi connectivity index (χ4v) is 2.87. The van der Waals surface area contributed by atoms with Gasteiger partial charge in [0.05, 0.1) is 18.0 Å². The van der Waals surface area contributed by atoms with Gasteiger partial charge in [-0.25, -0.2) is 4.79 Å². The van der Waals surface area contributed by atoms with Gasteiger partial charge in [-0.2, -0.15) is 0 Å². The Balaban J connectivity index is 2.10. The average molecular weight is 237 g/mol. The third-order valence-electron chi connectivity index (χ3n) is 2.59. The number of carbonyl (C=O) groups is 1. The Hall–Kier alpha value is -1.00. The third kappa shape index (κ3) is 2.39. The molecule has 3 nitrogen and oxygen atoms in total. The van der Waals surface area contributed by atoms with E-state index in [1.54, 1.807) is 0 Å². The van der Waals surface area contributed by atoms with Gasteiger partial charge in [0.15, 0.2) is 0 Å². The van der Waals surface area contributed by atoms with Crippen LogP contribution in [0.2, 0.25) is 0 Å². The van der Waals surface area contributed by atoms with Crippen LogP contribution in [0.25, 0.3) is 0 Å². The highest BCUT2D eigenvalue weighted by Crippen LogP contribution is 2.34. The predicted octanol–water partition coefficient (Wildman–Crippen LogP) is 2.20. The second-order valence-corrected chi connectivity index (χ2v) is 5.40. The smallest absolute Gasteiger partial charge is 0.337 e. The zero-order chi connectivity index (χ0) is 11.5. The van der Waals surface area contributed by atoms with E-state index < -0.39 is 0 Å². The molecule has 1 aromatic rings. The molecule has 1 saturated heterocycles. The van der Waals surface area contributed by atoms with Crippen molar-refractivity contribution in [3.05, 3.63) is 35.4 Å². The largest absolute Gasteiger partial charge is 0.465 e. The summed E-state index contributed by atoms with van der Waals surface area (Å²) >= 11 is 1.91. The van der Waals surface area contributed by atoms with Gasteiger partial charge in [0.2, 0.25) is 0 Å². The summed E-state index contributed by atoms with van der Waals surface area (Å²) in [7, 11) is 1.40. The molecule has 1 N–H and O–H groups in total. The molecule has 0 bridgehead atoms. The van der Waals surface area contributed by atoms with E-state index in [0.717, 1.165) is 6.54 Å². The number of esters is 1. The molecule has 0 aromatic heterocycles. The van der Waals surface area contributed by atoms with Gasteiger partial charge in [-0.3, -0.25) is 0 Å². The number of methoxy groups -OCH3 is 1. The minimum atomic E-state index is -0.285. The molecule has 0 radical (unpaired) electrons. The molecule has 0 saturated carbocycles. The molecule has 1 fully saturated rings. The van der Waals surface area contributed by atoms with Crippen molar-refractivity contribution in [2.45, 2.75) is 17.5 Å². The molecule has 86 valence electrons. The summed E-state index contributed by atoms with van der Waals surface area (Å²) in [5.74, 6) is -0.285. The van der Waals surface area contributed by atoms with Gasteiger partial charge in [0.1, 0.15) is 0 Å². The van der Waals surface area contributed by atoms with Gasteiger partial charge < -0.3 is 10.1 Å². The summed E-state index contributed by atoms with van der Waals surface area (Å²) in [6.07, 6.45) is 0. The van der Waals surface area contributed by atoms with Crippen LogP contribution in [0.3, 0.4) is 0 Å². The molecule has 2 unspecified atom stereocenters. The number of carbonyl (C=O) groups excluding carboxylic acids is 1. The van der Waals surface area contributed by atoms with E-state index in [9.17, 15) is 4.79 Å². The highest BCUT2D eigenvalue weighted by atomic mass is 32.2. The van der Waals surface area contributed by atoms with E-state index in [-0.39, 0.29) is 5.97 Å². The molecule has 1 aliphatic rings. The van der Waals surface area contributed by atoms with Crippen LogP contribution in [-0.4, -0.2) is 24.9 Å². The van der Waals surface area contributed by atoms with Crippen molar-refractivity contribution in [3.8, 4) is 0 Å². The van der Waals surface area contributed by atoms with Gasteiger partial charge in [-0.05, 0) is 17.7 Å². The Morgan fingerprint density at radius 2 is 2.12 bits per heavy atom. The number of hydrogen-bond donors (Lipinski definition) is 1. The van der Waals surface area contributed by atoms with Crippen LogP contribution in [0.1, 0.15) is 28.2 Å². The van der Waals surface area contributed by atoms with Crippen molar-refractivity contribution >= 4 is 17.7 Å². The number of hydrogen-bond acceptors (Lipinski definition) is 4. The highest BCUT2D eigenvalue weighted by molar-refractivity contribution is 8.00. The number of thioether (sulfide) groups is 1. The summed E-state index contributed by atoms with van der Waals surface area (Å²) in [5, 5.41) is 4.42. The first kappa shape index (κ1) is 11.5. The van der Waals surface area contributed by atoms with Crippen LogP contribution >= 0.6 is 11.8 Å². The van der Waals surface area contributed by atoms with Crippen LogP contribution < -0.4 is 5.32 Å². The van der Waals surface area contributed by atoms with Crippen molar-refractivity contribution in [1.82, 2.24) is 5.32 Å². The molecule has 1 aromatic carbocycles. The van der Waals surface area contributed by atoms with Gasteiger partial charge >= 0.3 is 5.97 Å². The van der Waals surface area contributed by atoms with E-state index in [0.29, 0.717) is 16.2 Å². The Morgan fingerprint density at radius 3 is 2.62 bits per heavy atom. The number of rotatable bonds is 2. The summed E-state index contributed by atoms with van der Waals surface area (Å²) in [6.45, 7) is 3.24. The summed E-state index contributed by atoms with van der Waals surface area (Å²) < 4.78 is 4.66. The maximum atomic E-state index is 11.3. The number of benzene rings is 1. The predicted molar refractivity (Wildman–Crippen MR) is 65.6 cm³/mol. The van der Waals surface area contributed by atoms with E-state index in [4.69, 9.17) is 0 Å². The first-order valence-corrected chi connectivity index (χ1v) is 6.22. The van der Waals surface area contributed by atoms with Crippen LogP contribution in [-0.2, 0) is 4.74 Å². The van der Waals surface area contributed by atoms with Crippen LogP contribution in [0.5, 0.6) is 0 Å². The molecule has 2 atom stereocenters. The zero-order valence-corrected chi connectivity index (χ0v) is 10.2. The van der Waals surface area contributed by atoms with Crippen molar-refractivity contribution in [3.63, 3.8) is 0 Å². The maximum Gasteiger partial charge on any atom is 0.337 e. The molecular formula is C12H15NO2S. The second-order valence-electron chi connectivity index (χ2n) is 3.85. The zero-order valence-electron chi connectivity index (χ0n) is 9.40. The van der Waals surface area contributed by atoms with E-state index in [1.807, 2.05) is 36.0 Å². The molecule has 0 aliphatic carbocycles. The van der Waals surface area contributed by atoms with E-state index >= 15 is 0 Å². The Kier molecular flexibility index (Phi) is 3.51. The molecule has 1 heterocycles. The molecule has 4 heteroatoms. The van der Waals surface area contributed by atoms with E-state index in [2.05, 4.69) is 17.0 Å². The summed E-state index contributed by atoms with van der Waals surface area (Å²) in [4.78, 5) is 11.3. The molecule has 16 heavy (non-hydrogen) atoms. The molecule has 0 spiro atoms. The molecule has 0 amide bonds. The molecule has 2 rings (SSSR count). The van der Waals surface area contributed by atoms with Crippen molar-refractivity contribution in [2.75, 3.05) is 13.7 Å². The number of nitrogens with one attached hydrogen (secondary N) is 1. The first-order chi connectivity index (χ1) is 7.70. The fraction of sp³-hybridized carbons (Fsp3) is 0.417. The minimum Gasteiger partial charge on any atom is -0.465 e. The van der Waals surface area contributed by atoms with Crippen LogP contribution in [0, 0.1) is 0 Å². The van der Waals surface area contributed by atoms with Gasteiger partial charge in [-0.15, -0.1) is 11.8 Å². The highest BCUT2D eigenvalue weighted by Gasteiger charge is 2.22. The van der Waals surface area contributed by atoms with E-state index in [1.165, 1.54) is 12.7 Å². The van der Waals surface area contributed by atoms with Gasteiger partial charge in [-0.1, -0.05) is 19.1 Å². The lowest BCUT2D eigenvalue weighted by atomic mass is 10.1. The average Bonchev–Trinajstić information content (AvgIpc) is 2.75. The van der Waals surface area contributed by atoms with Crippen molar-refractivity contribution in [2.24, 2.45) is 0 Å². The summed E-state index contributed by atoms with van der Waals surface area (Å²) in [6, 6.07) is 7.59. The van der Waals surface area contributed by atoms with Crippen LogP contribution in [0.15, 0.2) is 24.3 Å². The fourth-order valence-electron chi connectivity index (χ4n) is 1.71. The maximum absolute atomic E-state index is 11.3. The molecule has 1 aliphatic heterocycles. The first-order valence-electron chi connectivity index (χ1n) is 5.28.